The Morgan fingerprint density at radius 3 is 2.59 bits per heavy atom. The fourth-order valence-corrected chi connectivity index (χ4v) is 3.42. The largest absolute Gasteiger partial charge is 0.497 e. The highest BCUT2D eigenvalue weighted by atomic mass is 16.5. The molecule has 7 heteroatoms. The number of nitrogens with one attached hydrogen (secondary N) is 1. The van der Waals surface area contributed by atoms with Gasteiger partial charge in [0.2, 0.25) is 11.8 Å². The number of ether oxygens (including phenoxy) is 3. The number of nitrogens with zero attached hydrogens (tertiary/aromatic N) is 1. The number of amides is 2. The van der Waals surface area contributed by atoms with E-state index in [1.165, 1.54) is 0 Å². The van der Waals surface area contributed by atoms with Crippen molar-refractivity contribution in [2.75, 3.05) is 39.3 Å². The van der Waals surface area contributed by atoms with E-state index in [1.54, 1.807) is 32.3 Å². The van der Waals surface area contributed by atoms with Crippen molar-refractivity contribution in [1.82, 2.24) is 5.32 Å². The van der Waals surface area contributed by atoms with Gasteiger partial charge in [-0.25, -0.2) is 0 Å². The third-order valence-electron chi connectivity index (χ3n) is 5.02. The summed E-state index contributed by atoms with van der Waals surface area (Å²) >= 11 is 0. The summed E-state index contributed by atoms with van der Waals surface area (Å²) in [4.78, 5) is 26.6. The number of methoxy groups -OCH3 is 3. The minimum Gasteiger partial charge on any atom is -0.497 e. The minimum atomic E-state index is -0.362. The number of anilines is 1. The van der Waals surface area contributed by atoms with Crippen molar-refractivity contribution in [3.05, 3.63) is 48.0 Å². The lowest BCUT2D eigenvalue weighted by atomic mass is 10.1. The molecule has 1 saturated heterocycles. The van der Waals surface area contributed by atoms with Crippen LogP contribution >= 0.6 is 0 Å². The molecule has 154 valence electrons. The zero-order valence-electron chi connectivity index (χ0n) is 16.9. The van der Waals surface area contributed by atoms with Crippen LogP contribution in [0.1, 0.15) is 12.0 Å². The highest BCUT2D eigenvalue weighted by molar-refractivity contribution is 6.00. The number of hydrogen-bond acceptors (Lipinski definition) is 5. The lowest BCUT2D eigenvalue weighted by molar-refractivity contribution is -0.126. The fourth-order valence-electron chi connectivity index (χ4n) is 3.42. The van der Waals surface area contributed by atoms with E-state index >= 15 is 0 Å². The van der Waals surface area contributed by atoms with Crippen molar-refractivity contribution in [3.8, 4) is 17.2 Å². The van der Waals surface area contributed by atoms with Crippen LogP contribution < -0.4 is 24.4 Å². The van der Waals surface area contributed by atoms with Crippen LogP contribution in [0.15, 0.2) is 42.5 Å². The first kappa shape index (κ1) is 20.5. The van der Waals surface area contributed by atoms with Gasteiger partial charge in [-0.3, -0.25) is 9.59 Å². The van der Waals surface area contributed by atoms with Crippen LogP contribution in [0.2, 0.25) is 0 Å². The van der Waals surface area contributed by atoms with Crippen LogP contribution in [0, 0.1) is 5.92 Å². The summed E-state index contributed by atoms with van der Waals surface area (Å²) in [5, 5.41) is 2.94. The average molecular weight is 398 g/mol. The standard InChI is InChI=1S/C22H26N2O5/c1-27-18-6-4-5-17(13-18)24-14-16(12-21(24)25)22(26)23-10-9-15-7-8-19(28-2)20(11-15)29-3/h4-8,11,13,16H,9-10,12,14H2,1-3H3,(H,23,26)/t16-/m0/s1. The SMILES string of the molecule is COc1cccc(N2C[C@@H](C(=O)NCCc3ccc(OC)c(OC)c3)CC2=O)c1. The van der Waals surface area contributed by atoms with Gasteiger partial charge in [0.1, 0.15) is 5.75 Å². The smallest absolute Gasteiger partial charge is 0.227 e. The molecule has 1 N–H and O–H groups in total. The van der Waals surface area contributed by atoms with Crippen LogP contribution in [-0.2, 0) is 16.0 Å². The first-order chi connectivity index (χ1) is 14.0. The molecule has 1 aliphatic heterocycles. The Hall–Kier alpha value is -3.22. The molecular formula is C22H26N2O5. The molecule has 1 atom stereocenters. The van der Waals surface area contributed by atoms with Crippen LogP contribution in [-0.4, -0.2) is 46.2 Å². The molecular weight excluding hydrogens is 372 g/mol. The highest BCUT2D eigenvalue weighted by Gasteiger charge is 2.35. The molecule has 7 nitrogen and oxygen atoms in total. The molecule has 3 rings (SSSR count). The summed E-state index contributed by atoms with van der Waals surface area (Å²) in [5.41, 5.74) is 1.78. The Morgan fingerprint density at radius 1 is 1.07 bits per heavy atom. The average Bonchev–Trinajstić information content (AvgIpc) is 3.15. The van der Waals surface area contributed by atoms with Crippen molar-refractivity contribution < 1.29 is 23.8 Å². The van der Waals surface area contributed by atoms with Crippen molar-refractivity contribution in [2.45, 2.75) is 12.8 Å². The molecule has 0 aliphatic carbocycles. The summed E-state index contributed by atoms with van der Waals surface area (Å²) in [7, 11) is 4.77. The second-order valence-electron chi connectivity index (χ2n) is 6.84. The lowest BCUT2D eigenvalue weighted by Crippen LogP contribution is -2.34. The monoisotopic (exact) mass is 398 g/mol. The van der Waals surface area contributed by atoms with E-state index in [9.17, 15) is 9.59 Å². The van der Waals surface area contributed by atoms with E-state index in [2.05, 4.69) is 5.32 Å². The third-order valence-corrected chi connectivity index (χ3v) is 5.02. The van der Waals surface area contributed by atoms with Crippen molar-refractivity contribution in [1.29, 1.82) is 0 Å². The van der Waals surface area contributed by atoms with Gasteiger partial charge in [0.25, 0.3) is 0 Å². The van der Waals surface area contributed by atoms with E-state index in [0.717, 1.165) is 11.3 Å². The molecule has 0 saturated carbocycles. The quantitative estimate of drug-likeness (QED) is 0.739. The number of benzene rings is 2. The number of hydrogen-bond donors (Lipinski definition) is 1. The zero-order chi connectivity index (χ0) is 20.8. The Labute approximate surface area is 170 Å². The molecule has 0 bridgehead atoms. The van der Waals surface area contributed by atoms with Crippen LogP contribution in [0.5, 0.6) is 17.2 Å². The van der Waals surface area contributed by atoms with Crippen molar-refractivity contribution >= 4 is 17.5 Å². The molecule has 0 unspecified atom stereocenters. The van der Waals surface area contributed by atoms with Crippen LogP contribution in [0.4, 0.5) is 5.69 Å². The predicted octanol–water partition coefficient (Wildman–Crippen LogP) is 2.42. The molecule has 2 aromatic rings. The Balaban J connectivity index is 1.54. The maximum Gasteiger partial charge on any atom is 0.227 e. The molecule has 0 aromatic heterocycles. The van der Waals surface area contributed by atoms with Crippen molar-refractivity contribution in [2.24, 2.45) is 5.92 Å². The Morgan fingerprint density at radius 2 is 1.86 bits per heavy atom. The number of carbonyl (C=O) groups excluding carboxylic acids is 2. The second kappa shape index (κ2) is 9.32. The zero-order valence-corrected chi connectivity index (χ0v) is 16.9. The summed E-state index contributed by atoms with van der Waals surface area (Å²) in [6, 6.07) is 13.0. The number of rotatable bonds is 8. The van der Waals surface area contributed by atoms with E-state index < -0.39 is 0 Å². The molecule has 0 spiro atoms. The van der Waals surface area contributed by atoms with Gasteiger partial charge in [0, 0.05) is 31.3 Å². The van der Waals surface area contributed by atoms with Gasteiger partial charge in [0.05, 0.1) is 27.2 Å². The molecule has 29 heavy (non-hydrogen) atoms. The molecule has 1 aliphatic rings. The first-order valence-corrected chi connectivity index (χ1v) is 9.48. The second-order valence-corrected chi connectivity index (χ2v) is 6.84. The van der Waals surface area contributed by atoms with Crippen molar-refractivity contribution in [3.63, 3.8) is 0 Å². The minimum absolute atomic E-state index is 0.0571. The predicted molar refractivity (Wildman–Crippen MR) is 110 cm³/mol. The summed E-state index contributed by atoms with van der Waals surface area (Å²) < 4.78 is 15.8. The van der Waals surface area contributed by atoms with E-state index in [0.29, 0.717) is 36.8 Å². The van der Waals surface area contributed by atoms with E-state index in [4.69, 9.17) is 14.2 Å². The van der Waals surface area contributed by atoms with Gasteiger partial charge >= 0.3 is 0 Å². The summed E-state index contributed by atoms with van der Waals surface area (Å²) in [6.07, 6.45) is 0.867. The summed E-state index contributed by atoms with van der Waals surface area (Å²) in [6.45, 7) is 0.854. The normalized spacial score (nSPS) is 15.9. The maximum absolute atomic E-state index is 12.5. The fraction of sp³-hybridized carbons (Fsp3) is 0.364. The molecule has 1 fully saturated rings. The van der Waals surface area contributed by atoms with Crippen LogP contribution in [0.3, 0.4) is 0 Å². The van der Waals surface area contributed by atoms with Gasteiger partial charge in [-0.05, 0) is 36.2 Å². The Bertz CT molecular complexity index is 883. The molecule has 2 aromatic carbocycles. The molecule has 0 radical (unpaired) electrons. The lowest BCUT2D eigenvalue weighted by Gasteiger charge is -2.17. The van der Waals surface area contributed by atoms with Gasteiger partial charge in [-0.2, -0.15) is 0 Å². The van der Waals surface area contributed by atoms with Gasteiger partial charge in [-0.1, -0.05) is 12.1 Å². The van der Waals surface area contributed by atoms with Crippen LogP contribution in [0.25, 0.3) is 0 Å². The van der Waals surface area contributed by atoms with E-state index in [1.807, 2.05) is 36.4 Å². The van der Waals surface area contributed by atoms with E-state index in [-0.39, 0.29) is 24.2 Å². The highest BCUT2D eigenvalue weighted by Crippen LogP contribution is 2.29. The molecule has 2 amide bonds. The van der Waals surface area contributed by atoms with Gasteiger partial charge < -0.3 is 24.4 Å². The Kier molecular flexibility index (Phi) is 6.59. The summed E-state index contributed by atoms with van der Waals surface area (Å²) in [5.74, 6) is 1.48. The van der Waals surface area contributed by atoms with Gasteiger partial charge in [0.15, 0.2) is 11.5 Å². The topological polar surface area (TPSA) is 77.1 Å². The molecule has 1 heterocycles. The number of carbonyl (C=O) groups is 2. The maximum atomic E-state index is 12.5. The first-order valence-electron chi connectivity index (χ1n) is 9.48. The third kappa shape index (κ3) is 4.80. The van der Waals surface area contributed by atoms with Gasteiger partial charge in [-0.15, -0.1) is 0 Å².